The molecule has 1 aliphatic heterocycles. The molecule has 0 aromatic heterocycles. The monoisotopic (exact) mass is 132 g/mol. The van der Waals surface area contributed by atoms with E-state index in [0.29, 0.717) is 5.92 Å². The lowest BCUT2D eigenvalue weighted by atomic mass is 10.2. The number of hydrogen-bond donors (Lipinski definition) is 1. The third-order valence-electron chi connectivity index (χ3n) is 1.24. The van der Waals surface area contributed by atoms with Crippen LogP contribution in [0, 0.1) is 17.2 Å². The summed E-state index contributed by atoms with van der Waals surface area (Å²) in [6, 6.07) is 2.20. The molecule has 0 radical (unpaired) electrons. The maximum atomic E-state index is 8.28. The van der Waals surface area contributed by atoms with Gasteiger partial charge < -0.3 is 17.7 Å². The number of nitriles is 1. The highest BCUT2D eigenvalue weighted by Gasteiger charge is 2.11. The first-order valence-electron chi connectivity index (χ1n) is 2.54. The largest absolute Gasteiger partial charge is 1.00 e. The standard InChI is InChI=1S/C5H8N2.ClH/c6-3-5-1-2-7-4-5;/h5,7H,1-2,4H2;1H/t5-;/m1./s1. The van der Waals surface area contributed by atoms with Crippen LogP contribution < -0.4 is 17.7 Å². The first kappa shape index (κ1) is 7.74. The van der Waals surface area contributed by atoms with Gasteiger partial charge in [-0.25, -0.2) is 0 Å². The van der Waals surface area contributed by atoms with Crippen LogP contribution in [0.1, 0.15) is 7.85 Å². The van der Waals surface area contributed by atoms with E-state index < -0.39 is 0 Å². The molecular formula is C5H9ClN2. The maximum Gasteiger partial charge on any atom is 1.00 e. The summed E-state index contributed by atoms with van der Waals surface area (Å²) in [7, 11) is 0. The highest BCUT2D eigenvalue weighted by atomic mass is 35.5. The number of halogens is 1. The van der Waals surface area contributed by atoms with Gasteiger partial charge in [0.25, 0.3) is 0 Å². The molecule has 1 fully saturated rings. The van der Waals surface area contributed by atoms with Gasteiger partial charge in [-0.1, -0.05) is 0 Å². The zero-order valence-electron chi connectivity index (χ0n) is 5.52. The minimum atomic E-state index is 0. The van der Waals surface area contributed by atoms with Gasteiger partial charge in [0.15, 0.2) is 0 Å². The highest BCUT2D eigenvalue weighted by molar-refractivity contribution is 4.88. The predicted molar refractivity (Wildman–Crippen MR) is 27.7 cm³/mol. The van der Waals surface area contributed by atoms with Crippen molar-refractivity contribution in [2.45, 2.75) is 6.42 Å². The van der Waals surface area contributed by atoms with E-state index in [4.69, 9.17) is 5.26 Å². The number of rotatable bonds is 0. The Morgan fingerprint density at radius 3 is 2.75 bits per heavy atom. The third-order valence-corrected chi connectivity index (χ3v) is 1.24. The highest BCUT2D eigenvalue weighted by Crippen LogP contribution is 2.03. The number of nitrogens with one attached hydrogen (secondary N) is 1. The molecule has 1 saturated heterocycles. The minimum Gasteiger partial charge on any atom is -1.00 e. The second-order valence-corrected chi connectivity index (χ2v) is 1.82. The van der Waals surface area contributed by atoms with Crippen molar-refractivity contribution in [2.75, 3.05) is 13.1 Å². The first-order valence-corrected chi connectivity index (χ1v) is 2.54. The topological polar surface area (TPSA) is 35.8 Å². The smallest absolute Gasteiger partial charge is 1.00 e. The van der Waals surface area contributed by atoms with E-state index >= 15 is 0 Å². The molecule has 1 atom stereocenters. The van der Waals surface area contributed by atoms with Gasteiger partial charge in [0.2, 0.25) is 0 Å². The average molecular weight is 133 g/mol. The summed E-state index contributed by atoms with van der Waals surface area (Å²) in [5.74, 6) is 0.292. The summed E-state index contributed by atoms with van der Waals surface area (Å²) in [6.45, 7) is 1.93. The van der Waals surface area contributed by atoms with E-state index in [1.807, 2.05) is 0 Å². The molecule has 1 N–H and O–H groups in total. The van der Waals surface area contributed by atoms with Gasteiger partial charge in [-0.05, 0) is 13.0 Å². The van der Waals surface area contributed by atoms with Crippen molar-refractivity contribution in [1.82, 2.24) is 5.32 Å². The Balaban J connectivity index is 0. The lowest BCUT2D eigenvalue weighted by molar-refractivity contribution is -0.00000175. The van der Waals surface area contributed by atoms with Crippen LogP contribution in [0.25, 0.3) is 0 Å². The zero-order valence-corrected chi connectivity index (χ0v) is 5.28. The molecule has 1 aliphatic rings. The number of nitrogens with zero attached hydrogens (tertiary/aromatic N) is 1. The minimum absolute atomic E-state index is 0. The van der Waals surface area contributed by atoms with Crippen LogP contribution in [-0.2, 0) is 0 Å². The van der Waals surface area contributed by atoms with Crippen molar-refractivity contribution >= 4 is 0 Å². The lowest BCUT2D eigenvalue weighted by Gasteiger charge is -1.87. The Hall–Kier alpha value is -0.260. The molecule has 0 aromatic rings. The molecule has 0 amide bonds. The molecule has 8 heavy (non-hydrogen) atoms. The van der Waals surface area contributed by atoms with Gasteiger partial charge in [0.05, 0.1) is 12.0 Å². The van der Waals surface area contributed by atoms with Crippen molar-refractivity contribution in [3.63, 3.8) is 0 Å². The number of hydrogen-bond acceptors (Lipinski definition) is 2. The molecule has 1 rings (SSSR count). The molecule has 1 heterocycles. The quantitative estimate of drug-likeness (QED) is 0.388. The van der Waals surface area contributed by atoms with Gasteiger partial charge in [0.1, 0.15) is 0 Å². The van der Waals surface area contributed by atoms with E-state index in [1.54, 1.807) is 0 Å². The van der Waals surface area contributed by atoms with Crippen molar-refractivity contribution in [3.8, 4) is 6.07 Å². The summed E-state index contributed by atoms with van der Waals surface area (Å²) < 4.78 is 0. The fourth-order valence-electron chi connectivity index (χ4n) is 0.765. The summed E-state index contributed by atoms with van der Waals surface area (Å²) in [6.07, 6.45) is 1.04. The van der Waals surface area contributed by atoms with Crippen LogP contribution in [-0.4, -0.2) is 13.1 Å². The zero-order chi connectivity index (χ0) is 5.11. The Morgan fingerprint density at radius 1 is 1.75 bits per heavy atom. The van der Waals surface area contributed by atoms with Crippen molar-refractivity contribution in [3.05, 3.63) is 0 Å². The van der Waals surface area contributed by atoms with Crippen molar-refractivity contribution in [2.24, 2.45) is 5.92 Å². The molecule has 46 valence electrons. The van der Waals surface area contributed by atoms with Crippen LogP contribution in [0.2, 0.25) is 0 Å². The van der Waals surface area contributed by atoms with Gasteiger partial charge >= 0.3 is 1.43 Å². The van der Waals surface area contributed by atoms with E-state index in [-0.39, 0.29) is 13.8 Å². The van der Waals surface area contributed by atoms with Crippen LogP contribution >= 0.6 is 0 Å². The summed E-state index contributed by atoms with van der Waals surface area (Å²) >= 11 is 0. The molecular weight excluding hydrogens is 124 g/mol. The first-order chi connectivity index (χ1) is 3.43. The Bertz CT molecular complexity index is 95.6. The van der Waals surface area contributed by atoms with Crippen molar-refractivity contribution < 1.29 is 13.8 Å². The molecule has 3 heteroatoms. The molecule has 0 aliphatic carbocycles. The Kier molecular flexibility index (Phi) is 3.59. The fraction of sp³-hybridized carbons (Fsp3) is 0.800. The summed E-state index contributed by atoms with van der Waals surface area (Å²) in [5, 5.41) is 11.4. The molecule has 0 bridgehead atoms. The van der Waals surface area contributed by atoms with Crippen LogP contribution in [0.3, 0.4) is 0 Å². The van der Waals surface area contributed by atoms with E-state index in [0.717, 1.165) is 19.5 Å². The van der Waals surface area contributed by atoms with E-state index in [9.17, 15) is 0 Å². The van der Waals surface area contributed by atoms with Crippen LogP contribution in [0.15, 0.2) is 0 Å². The maximum absolute atomic E-state index is 8.28. The van der Waals surface area contributed by atoms with Gasteiger partial charge in [-0.15, -0.1) is 0 Å². The second kappa shape index (κ2) is 3.71. The normalized spacial score (nSPS) is 26.1. The van der Waals surface area contributed by atoms with Crippen LogP contribution in [0.4, 0.5) is 0 Å². The molecule has 2 nitrogen and oxygen atoms in total. The molecule has 0 spiro atoms. The Morgan fingerprint density at radius 2 is 2.50 bits per heavy atom. The van der Waals surface area contributed by atoms with Gasteiger partial charge in [-0.2, -0.15) is 5.26 Å². The van der Waals surface area contributed by atoms with Gasteiger partial charge in [0, 0.05) is 6.54 Å². The second-order valence-electron chi connectivity index (χ2n) is 1.82. The molecule has 0 saturated carbocycles. The van der Waals surface area contributed by atoms with E-state index in [2.05, 4.69) is 11.4 Å². The molecule has 0 aromatic carbocycles. The SMILES string of the molecule is N#C[C@H]1CCNC1.[Cl-].[H+]. The van der Waals surface area contributed by atoms with Gasteiger partial charge in [-0.3, -0.25) is 0 Å². The summed E-state index contributed by atoms with van der Waals surface area (Å²) in [5.41, 5.74) is 0. The Labute approximate surface area is 56.8 Å². The fourth-order valence-corrected chi connectivity index (χ4v) is 0.765. The van der Waals surface area contributed by atoms with E-state index in [1.165, 1.54) is 0 Å². The predicted octanol–water partition coefficient (Wildman–Crippen LogP) is -2.76. The lowest BCUT2D eigenvalue weighted by Crippen LogP contribution is -3.00. The van der Waals surface area contributed by atoms with Crippen molar-refractivity contribution in [1.29, 1.82) is 5.26 Å². The third kappa shape index (κ3) is 1.69. The van der Waals surface area contributed by atoms with Crippen LogP contribution in [0.5, 0.6) is 0 Å². The summed E-state index contributed by atoms with van der Waals surface area (Å²) in [4.78, 5) is 0. The average Bonchev–Trinajstić information content (AvgIpc) is 2.14. The molecule has 0 unspecified atom stereocenters.